The lowest BCUT2D eigenvalue weighted by molar-refractivity contribution is 0.415. The summed E-state index contributed by atoms with van der Waals surface area (Å²) in [5, 5.41) is 4.49. The third-order valence-electron chi connectivity index (χ3n) is 3.76. The Hall–Kier alpha value is -0.730. The van der Waals surface area contributed by atoms with Gasteiger partial charge in [-0.15, -0.1) is 0 Å². The molecule has 0 spiro atoms. The molecule has 1 aliphatic heterocycles. The highest BCUT2D eigenvalue weighted by molar-refractivity contribution is 6.31. The number of piperidine rings is 1. The molecule has 18 heavy (non-hydrogen) atoms. The van der Waals surface area contributed by atoms with Crippen molar-refractivity contribution in [3.8, 4) is 0 Å². The highest BCUT2D eigenvalue weighted by Crippen LogP contribution is 2.28. The molecule has 1 aromatic rings. The fourth-order valence-corrected chi connectivity index (χ4v) is 2.78. The minimum Gasteiger partial charge on any atom is -0.371 e. The number of anilines is 1. The Morgan fingerprint density at radius 3 is 2.72 bits per heavy atom. The molecule has 0 atom stereocenters. The van der Waals surface area contributed by atoms with Crippen LogP contribution in [-0.2, 0) is 0 Å². The minimum absolute atomic E-state index is 0.695. The van der Waals surface area contributed by atoms with Crippen molar-refractivity contribution in [1.82, 2.24) is 5.32 Å². The maximum atomic E-state index is 6.19. The van der Waals surface area contributed by atoms with Gasteiger partial charge >= 0.3 is 0 Å². The fraction of sp³-hybridized carbons (Fsp3) is 0.600. The molecular weight excluding hydrogens is 244 g/mol. The zero-order valence-electron chi connectivity index (χ0n) is 11.4. The quantitative estimate of drug-likeness (QED) is 0.896. The van der Waals surface area contributed by atoms with Crippen LogP contribution in [0.2, 0.25) is 5.02 Å². The molecule has 0 aromatic heterocycles. The van der Waals surface area contributed by atoms with Crippen LogP contribution in [0.15, 0.2) is 18.2 Å². The van der Waals surface area contributed by atoms with Crippen LogP contribution < -0.4 is 10.2 Å². The van der Waals surface area contributed by atoms with E-state index < -0.39 is 0 Å². The van der Waals surface area contributed by atoms with Crippen LogP contribution in [0.4, 0.5) is 5.69 Å². The number of rotatable bonds is 4. The van der Waals surface area contributed by atoms with Crippen molar-refractivity contribution in [3.63, 3.8) is 0 Å². The zero-order valence-corrected chi connectivity index (χ0v) is 12.1. The predicted octanol–water partition coefficient (Wildman–Crippen LogP) is 3.62. The summed E-state index contributed by atoms with van der Waals surface area (Å²) in [4.78, 5) is 2.46. The first-order valence-corrected chi connectivity index (χ1v) is 7.33. The van der Waals surface area contributed by atoms with Gasteiger partial charge in [-0.25, -0.2) is 0 Å². The highest BCUT2D eigenvalue weighted by atomic mass is 35.5. The van der Waals surface area contributed by atoms with Crippen LogP contribution in [0.5, 0.6) is 0 Å². The summed E-state index contributed by atoms with van der Waals surface area (Å²) in [6.07, 6.45) is 3.67. The molecule has 1 aliphatic rings. The van der Waals surface area contributed by atoms with Gasteiger partial charge in [-0.1, -0.05) is 24.6 Å². The molecule has 0 amide bonds. The van der Waals surface area contributed by atoms with Crippen LogP contribution in [0, 0.1) is 6.92 Å². The standard InChI is InChI=1S/C15H23ClN2/c1-3-9-17-13-7-10-18(11-8-13)15-6-4-5-14(16)12(15)2/h4-6,13,17H,3,7-11H2,1-2H3. The average Bonchev–Trinajstić information content (AvgIpc) is 2.40. The SMILES string of the molecule is CCCNC1CCN(c2cccc(Cl)c2C)CC1. The van der Waals surface area contributed by atoms with Crippen molar-refractivity contribution >= 4 is 17.3 Å². The van der Waals surface area contributed by atoms with Gasteiger partial charge < -0.3 is 10.2 Å². The number of hydrogen-bond acceptors (Lipinski definition) is 2. The van der Waals surface area contributed by atoms with Gasteiger partial charge in [-0.3, -0.25) is 0 Å². The summed E-state index contributed by atoms with van der Waals surface area (Å²) in [5.41, 5.74) is 2.51. The van der Waals surface area contributed by atoms with Crippen molar-refractivity contribution in [3.05, 3.63) is 28.8 Å². The molecule has 0 aliphatic carbocycles. The largest absolute Gasteiger partial charge is 0.371 e. The van der Waals surface area contributed by atoms with Gasteiger partial charge in [-0.2, -0.15) is 0 Å². The second-order valence-corrected chi connectivity index (χ2v) is 5.51. The molecule has 0 bridgehead atoms. The first-order valence-electron chi connectivity index (χ1n) is 6.95. The minimum atomic E-state index is 0.695. The lowest BCUT2D eigenvalue weighted by atomic mass is 10.0. The summed E-state index contributed by atoms with van der Waals surface area (Å²) in [6, 6.07) is 6.89. The smallest absolute Gasteiger partial charge is 0.0455 e. The predicted molar refractivity (Wildman–Crippen MR) is 79.7 cm³/mol. The Morgan fingerprint density at radius 2 is 2.06 bits per heavy atom. The molecule has 3 heteroatoms. The number of benzene rings is 1. The molecule has 0 radical (unpaired) electrons. The van der Waals surface area contributed by atoms with E-state index >= 15 is 0 Å². The van der Waals surface area contributed by atoms with Gasteiger partial charge in [0.05, 0.1) is 0 Å². The second kappa shape index (κ2) is 6.44. The van der Waals surface area contributed by atoms with Crippen molar-refractivity contribution in [2.24, 2.45) is 0 Å². The van der Waals surface area contributed by atoms with E-state index in [1.165, 1.54) is 30.5 Å². The van der Waals surface area contributed by atoms with E-state index in [2.05, 4.69) is 30.1 Å². The first kappa shape index (κ1) is 13.7. The number of nitrogens with zero attached hydrogens (tertiary/aromatic N) is 1. The molecule has 0 unspecified atom stereocenters. The van der Waals surface area contributed by atoms with Gasteiger partial charge in [0.25, 0.3) is 0 Å². The maximum Gasteiger partial charge on any atom is 0.0455 e. The lowest BCUT2D eigenvalue weighted by Gasteiger charge is -2.35. The third-order valence-corrected chi connectivity index (χ3v) is 4.17. The number of nitrogens with one attached hydrogen (secondary N) is 1. The molecule has 2 nitrogen and oxygen atoms in total. The van der Waals surface area contributed by atoms with Gasteiger partial charge in [0.15, 0.2) is 0 Å². The van der Waals surface area contributed by atoms with Crippen LogP contribution >= 0.6 is 11.6 Å². The average molecular weight is 267 g/mol. The Balaban J connectivity index is 1.95. The fourth-order valence-electron chi connectivity index (χ4n) is 2.61. The molecule has 2 rings (SSSR count). The third kappa shape index (κ3) is 3.18. The van der Waals surface area contributed by atoms with Gasteiger partial charge in [0.2, 0.25) is 0 Å². The number of halogens is 1. The van der Waals surface area contributed by atoms with E-state index in [1.54, 1.807) is 0 Å². The Morgan fingerprint density at radius 1 is 1.33 bits per heavy atom. The highest BCUT2D eigenvalue weighted by Gasteiger charge is 2.20. The molecular formula is C15H23ClN2. The Bertz CT molecular complexity index is 384. The zero-order chi connectivity index (χ0) is 13.0. The lowest BCUT2D eigenvalue weighted by Crippen LogP contribution is -2.43. The number of hydrogen-bond donors (Lipinski definition) is 1. The molecule has 1 fully saturated rings. The van der Waals surface area contributed by atoms with Crippen molar-refractivity contribution in [1.29, 1.82) is 0 Å². The Labute approximate surface area is 115 Å². The maximum absolute atomic E-state index is 6.19. The molecule has 1 aromatic carbocycles. The topological polar surface area (TPSA) is 15.3 Å². The Kier molecular flexibility index (Phi) is 4.90. The molecule has 0 saturated carbocycles. The molecule has 1 heterocycles. The van der Waals surface area contributed by atoms with Gasteiger partial charge in [0.1, 0.15) is 0 Å². The van der Waals surface area contributed by atoms with Crippen LogP contribution in [-0.4, -0.2) is 25.7 Å². The summed E-state index contributed by atoms with van der Waals surface area (Å²) >= 11 is 6.19. The van der Waals surface area contributed by atoms with Crippen molar-refractivity contribution in [2.75, 3.05) is 24.5 Å². The van der Waals surface area contributed by atoms with E-state index in [4.69, 9.17) is 11.6 Å². The van der Waals surface area contributed by atoms with Crippen LogP contribution in [0.1, 0.15) is 31.7 Å². The van der Waals surface area contributed by atoms with E-state index in [0.717, 1.165) is 24.7 Å². The van der Waals surface area contributed by atoms with Crippen LogP contribution in [0.25, 0.3) is 0 Å². The summed E-state index contributed by atoms with van der Waals surface area (Å²) in [5.74, 6) is 0. The summed E-state index contributed by atoms with van der Waals surface area (Å²) in [6.45, 7) is 7.72. The molecule has 100 valence electrons. The van der Waals surface area contributed by atoms with E-state index in [0.29, 0.717) is 6.04 Å². The van der Waals surface area contributed by atoms with Crippen LogP contribution in [0.3, 0.4) is 0 Å². The first-order chi connectivity index (χ1) is 8.72. The summed E-state index contributed by atoms with van der Waals surface area (Å²) in [7, 11) is 0. The van der Waals surface area contributed by atoms with Gasteiger partial charge in [-0.05, 0) is 50.4 Å². The van der Waals surface area contributed by atoms with E-state index in [-0.39, 0.29) is 0 Å². The molecule has 1 N–H and O–H groups in total. The van der Waals surface area contributed by atoms with Gasteiger partial charge in [0, 0.05) is 29.8 Å². The van der Waals surface area contributed by atoms with E-state index in [9.17, 15) is 0 Å². The normalized spacial score (nSPS) is 17.2. The molecule has 1 saturated heterocycles. The van der Waals surface area contributed by atoms with Crippen molar-refractivity contribution < 1.29 is 0 Å². The monoisotopic (exact) mass is 266 g/mol. The summed E-state index contributed by atoms with van der Waals surface area (Å²) < 4.78 is 0. The van der Waals surface area contributed by atoms with E-state index in [1.807, 2.05) is 12.1 Å². The second-order valence-electron chi connectivity index (χ2n) is 5.10. The van der Waals surface area contributed by atoms with Crippen molar-refractivity contribution in [2.45, 2.75) is 39.2 Å².